The van der Waals surface area contributed by atoms with E-state index in [4.69, 9.17) is 22.7 Å². The standard InChI is InChI=1S/C19H19ClN4O/c1-11(12-3-5-13(6-4-12)18(21)22)23-19(25)17-9-14-7-8-15(20)10-16(14)24(17)2/h3-11H,1-2H3,(H3,21,22)(H,23,25). The van der Waals surface area contributed by atoms with Crippen molar-refractivity contribution < 1.29 is 4.79 Å². The van der Waals surface area contributed by atoms with E-state index in [1.54, 1.807) is 12.1 Å². The summed E-state index contributed by atoms with van der Waals surface area (Å²) in [6.45, 7) is 1.92. The minimum Gasteiger partial charge on any atom is -0.384 e. The molecule has 0 aliphatic heterocycles. The van der Waals surface area contributed by atoms with Crippen molar-refractivity contribution in [1.29, 1.82) is 5.41 Å². The largest absolute Gasteiger partial charge is 0.384 e. The van der Waals surface area contributed by atoms with Crippen LogP contribution in [-0.2, 0) is 7.05 Å². The van der Waals surface area contributed by atoms with E-state index in [0.717, 1.165) is 16.5 Å². The van der Waals surface area contributed by atoms with Crippen LogP contribution in [0.5, 0.6) is 0 Å². The molecule has 0 aliphatic carbocycles. The third kappa shape index (κ3) is 3.37. The van der Waals surface area contributed by atoms with E-state index in [0.29, 0.717) is 16.3 Å². The van der Waals surface area contributed by atoms with Crippen LogP contribution in [0.25, 0.3) is 10.9 Å². The Bertz CT molecular complexity index is 959. The third-order valence-corrected chi connectivity index (χ3v) is 4.54. The van der Waals surface area contributed by atoms with Crippen molar-refractivity contribution >= 4 is 34.2 Å². The van der Waals surface area contributed by atoms with Crippen LogP contribution in [-0.4, -0.2) is 16.3 Å². The molecular weight excluding hydrogens is 336 g/mol. The van der Waals surface area contributed by atoms with Gasteiger partial charge in [0, 0.05) is 28.5 Å². The normalized spacial score (nSPS) is 12.1. The zero-order valence-electron chi connectivity index (χ0n) is 14.0. The van der Waals surface area contributed by atoms with Gasteiger partial charge in [-0.2, -0.15) is 0 Å². The minimum absolute atomic E-state index is 0.0254. The number of carbonyl (C=O) groups is 1. The molecule has 0 aliphatic rings. The molecule has 3 rings (SSSR count). The molecular formula is C19H19ClN4O. The van der Waals surface area contributed by atoms with Crippen LogP contribution in [0.15, 0.2) is 48.5 Å². The van der Waals surface area contributed by atoms with Crippen molar-refractivity contribution in [2.75, 3.05) is 0 Å². The fraction of sp³-hybridized carbons (Fsp3) is 0.158. The van der Waals surface area contributed by atoms with Crippen LogP contribution in [0.1, 0.15) is 34.6 Å². The lowest BCUT2D eigenvalue weighted by Crippen LogP contribution is -2.28. The maximum Gasteiger partial charge on any atom is 0.268 e. The molecule has 0 fully saturated rings. The van der Waals surface area contributed by atoms with Gasteiger partial charge >= 0.3 is 0 Å². The Kier molecular flexibility index (Phi) is 4.51. The van der Waals surface area contributed by atoms with Gasteiger partial charge in [0.2, 0.25) is 0 Å². The fourth-order valence-electron chi connectivity index (χ4n) is 2.83. The number of nitrogens with two attached hydrogens (primary N) is 1. The van der Waals surface area contributed by atoms with Gasteiger partial charge in [-0.05, 0) is 30.7 Å². The van der Waals surface area contributed by atoms with Crippen LogP contribution in [0.4, 0.5) is 0 Å². The van der Waals surface area contributed by atoms with Gasteiger partial charge in [0.15, 0.2) is 0 Å². The highest BCUT2D eigenvalue weighted by atomic mass is 35.5. The van der Waals surface area contributed by atoms with Crippen molar-refractivity contribution in [1.82, 2.24) is 9.88 Å². The highest BCUT2D eigenvalue weighted by molar-refractivity contribution is 6.31. The second-order valence-corrected chi connectivity index (χ2v) is 6.46. The number of aromatic nitrogens is 1. The number of hydrogen-bond donors (Lipinski definition) is 3. The maximum absolute atomic E-state index is 12.7. The zero-order chi connectivity index (χ0) is 18.1. The number of carbonyl (C=O) groups excluding carboxylic acids is 1. The number of nitrogens with one attached hydrogen (secondary N) is 2. The van der Waals surface area contributed by atoms with Crippen LogP contribution >= 0.6 is 11.6 Å². The van der Waals surface area contributed by atoms with E-state index in [2.05, 4.69) is 5.32 Å². The summed E-state index contributed by atoms with van der Waals surface area (Å²) in [5.74, 6) is -0.129. The maximum atomic E-state index is 12.7. The Labute approximate surface area is 150 Å². The molecule has 25 heavy (non-hydrogen) atoms. The van der Waals surface area contributed by atoms with Gasteiger partial charge in [-0.15, -0.1) is 0 Å². The molecule has 1 atom stereocenters. The number of fused-ring (bicyclic) bond motifs is 1. The number of rotatable bonds is 4. The SMILES string of the molecule is CC(NC(=O)c1cc2ccc(Cl)cc2n1C)c1ccc(C(=N)N)cc1. The average Bonchev–Trinajstić information content (AvgIpc) is 2.91. The lowest BCUT2D eigenvalue weighted by atomic mass is 10.1. The zero-order valence-corrected chi connectivity index (χ0v) is 14.8. The van der Waals surface area contributed by atoms with Crippen molar-refractivity contribution in [3.8, 4) is 0 Å². The summed E-state index contributed by atoms with van der Waals surface area (Å²) < 4.78 is 1.84. The van der Waals surface area contributed by atoms with Crippen LogP contribution in [0.3, 0.4) is 0 Å². The monoisotopic (exact) mass is 354 g/mol. The van der Waals surface area contributed by atoms with E-state index in [1.807, 2.05) is 54.9 Å². The van der Waals surface area contributed by atoms with Gasteiger partial charge in [0.25, 0.3) is 5.91 Å². The predicted molar refractivity (Wildman–Crippen MR) is 101 cm³/mol. The quantitative estimate of drug-likeness (QED) is 0.494. The van der Waals surface area contributed by atoms with Crippen molar-refractivity contribution in [2.45, 2.75) is 13.0 Å². The summed E-state index contributed by atoms with van der Waals surface area (Å²) in [7, 11) is 1.85. The Morgan fingerprint density at radius 1 is 1.20 bits per heavy atom. The van der Waals surface area contributed by atoms with E-state index in [1.165, 1.54) is 0 Å². The Morgan fingerprint density at radius 3 is 2.52 bits per heavy atom. The molecule has 1 aromatic heterocycles. The first-order chi connectivity index (χ1) is 11.9. The average molecular weight is 355 g/mol. The predicted octanol–water partition coefficient (Wildman–Crippen LogP) is 3.61. The van der Waals surface area contributed by atoms with E-state index in [-0.39, 0.29) is 17.8 Å². The fourth-order valence-corrected chi connectivity index (χ4v) is 2.99. The van der Waals surface area contributed by atoms with Crippen LogP contribution in [0.2, 0.25) is 5.02 Å². The third-order valence-electron chi connectivity index (χ3n) is 4.31. The summed E-state index contributed by atoms with van der Waals surface area (Å²) in [4.78, 5) is 12.7. The van der Waals surface area contributed by atoms with Crippen molar-refractivity contribution in [3.05, 3.63) is 70.4 Å². The molecule has 1 heterocycles. The number of amidine groups is 1. The molecule has 0 spiro atoms. The minimum atomic E-state index is -0.171. The lowest BCUT2D eigenvalue weighted by molar-refractivity contribution is 0.0932. The first-order valence-corrected chi connectivity index (χ1v) is 8.25. The highest BCUT2D eigenvalue weighted by Gasteiger charge is 2.16. The molecule has 0 radical (unpaired) electrons. The number of amides is 1. The number of benzene rings is 2. The van der Waals surface area contributed by atoms with Gasteiger partial charge in [-0.3, -0.25) is 10.2 Å². The number of hydrogen-bond acceptors (Lipinski definition) is 2. The summed E-state index contributed by atoms with van der Waals surface area (Å²) >= 11 is 6.04. The van der Waals surface area contributed by atoms with E-state index < -0.39 is 0 Å². The highest BCUT2D eigenvalue weighted by Crippen LogP contribution is 2.23. The summed E-state index contributed by atoms with van der Waals surface area (Å²) in [6, 6.07) is 14.5. The lowest BCUT2D eigenvalue weighted by Gasteiger charge is -2.15. The number of aryl methyl sites for hydroxylation is 1. The molecule has 2 aromatic carbocycles. The van der Waals surface area contributed by atoms with Gasteiger partial charge in [0.1, 0.15) is 11.5 Å². The Morgan fingerprint density at radius 2 is 1.88 bits per heavy atom. The Hall–Kier alpha value is -2.79. The molecule has 0 bridgehead atoms. The van der Waals surface area contributed by atoms with Crippen molar-refractivity contribution in [3.63, 3.8) is 0 Å². The molecule has 4 N–H and O–H groups in total. The molecule has 128 valence electrons. The van der Waals surface area contributed by atoms with Gasteiger partial charge in [-0.1, -0.05) is 41.9 Å². The second-order valence-electron chi connectivity index (χ2n) is 6.02. The van der Waals surface area contributed by atoms with E-state index >= 15 is 0 Å². The summed E-state index contributed by atoms with van der Waals surface area (Å²) in [5.41, 5.74) is 8.55. The first kappa shape index (κ1) is 17.0. The van der Waals surface area contributed by atoms with Gasteiger partial charge in [0.05, 0.1) is 6.04 Å². The number of nitrogen functional groups attached to an aromatic ring is 1. The molecule has 6 heteroatoms. The number of halogens is 1. The van der Waals surface area contributed by atoms with Crippen LogP contribution < -0.4 is 11.1 Å². The number of nitrogens with zero attached hydrogens (tertiary/aromatic N) is 1. The Balaban J connectivity index is 1.82. The van der Waals surface area contributed by atoms with Gasteiger partial charge < -0.3 is 15.6 Å². The smallest absolute Gasteiger partial charge is 0.268 e. The molecule has 3 aromatic rings. The molecule has 0 saturated heterocycles. The molecule has 1 unspecified atom stereocenters. The summed E-state index contributed by atoms with van der Waals surface area (Å²) in [6.07, 6.45) is 0. The van der Waals surface area contributed by atoms with E-state index in [9.17, 15) is 4.79 Å². The summed E-state index contributed by atoms with van der Waals surface area (Å²) in [5, 5.41) is 12.0. The van der Waals surface area contributed by atoms with Crippen molar-refractivity contribution in [2.24, 2.45) is 12.8 Å². The molecule has 0 saturated carbocycles. The van der Waals surface area contributed by atoms with Crippen LogP contribution in [0, 0.1) is 5.41 Å². The molecule has 5 nitrogen and oxygen atoms in total. The topological polar surface area (TPSA) is 83.9 Å². The molecule has 1 amide bonds. The van der Waals surface area contributed by atoms with Gasteiger partial charge in [-0.25, -0.2) is 0 Å². The first-order valence-electron chi connectivity index (χ1n) is 7.87. The second kappa shape index (κ2) is 6.61.